The van der Waals surface area contributed by atoms with Crippen molar-refractivity contribution < 1.29 is 5.11 Å². The molecule has 0 radical (unpaired) electrons. The number of aliphatic hydroxyl groups is 1. The number of hydrogen-bond donors (Lipinski definition) is 4. The zero-order valence-corrected chi connectivity index (χ0v) is 11.4. The summed E-state index contributed by atoms with van der Waals surface area (Å²) in [7, 11) is 0. The maximum absolute atomic E-state index is 9.33. The van der Waals surface area contributed by atoms with Crippen molar-refractivity contribution in [3.05, 3.63) is 24.3 Å². The molecule has 1 saturated heterocycles. The van der Waals surface area contributed by atoms with E-state index >= 15 is 0 Å². The van der Waals surface area contributed by atoms with Crippen molar-refractivity contribution in [1.29, 1.82) is 0 Å². The third-order valence-corrected chi connectivity index (χ3v) is 3.98. The Labute approximate surface area is 114 Å². The molecule has 1 aromatic carbocycles. The summed E-state index contributed by atoms with van der Waals surface area (Å²) < 4.78 is 0. The molecule has 4 unspecified atom stereocenters. The highest BCUT2D eigenvalue weighted by atomic mass is 16.3. The normalized spacial score (nSPS) is 26.4. The average Bonchev–Trinajstić information content (AvgIpc) is 2.83. The van der Waals surface area contributed by atoms with E-state index in [9.17, 15) is 5.11 Å². The Bertz CT molecular complexity index is 406. The fourth-order valence-electron chi connectivity index (χ4n) is 2.95. The number of anilines is 2. The van der Waals surface area contributed by atoms with Gasteiger partial charge in [-0.3, -0.25) is 0 Å². The van der Waals surface area contributed by atoms with Gasteiger partial charge >= 0.3 is 0 Å². The van der Waals surface area contributed by atoms with Crippen molar-refractivity contribution in [2.75, 3.05) is 17.2 Å². The molecule has 0 bridgehead atoms. The number of aliphatic hydroxyl groups excluding tert-OH is 1. The molecular formula is C14H24N4O. The van der Waals surface area contributed by atoms with E-state index in [0.29, 0.717) is 0 Å². The molecular weight excluding hydrogens is 240 g/mol. The van der Waals surface area contributed by atoms with E-state index in [1.54, 1.807) is 0 Å². The van der Waals surface area contributed by atoms with Crippen LogP contribution >= 0.6 is 0 Å². The molecule has 2 rings (SSSR count). The second kappa shape index (κ2) is 5.77. The summed E-state index contributed by atoms with van der Waals surface area (Å²) in [6, 6.07) is 7.95. The summed E-state index contributed by atoms with van der Waals surface area (Å²) in [5, 5.41) is 9.33. The number of hydrogen-bond acceptors (Lipinski definition) is 5. The Hall–Kier alpha value is -1.30. The molecule has 1 aromatic rings. The average molecular weight is 264 g/mol. The smallest absolute Gasteiger partial charge is 0.0602 e. The molecule has 0 saturated carbocycles. The summed E-state index contributed by atoms with van der Waals surface area (Å²) in [4.78, 5) is 2.25. The summed E-state index contributed by atoms with van der Waals surface area (Å²) in [6.45, 7) is 2.00. The van der Waals surface area contributed by atoms with Gasteiger partial charge in [0, 0.05) is 35.5 Å². The van der Waals surface area contributed by atoms with Gasteiger partial charge < -0.3 is 27.2 Å². The van der Waals surface area contributed by atoms with Crippen LogP contribution < -0.4 is 22.1 Å². The van der Waals surface area contributed by atoms with E-state index in [-0.39, 0.29) is 30.8 Å². The molecule has 0 spiro atoms. The lowest BCUT2D eigenvalue weighted by atomic mass is 10.1. The lowest BCUT2D eigenvalue weighted by Crippen LogP contribution is -2.52. The van der Waals surface area contributed by atoms with Gasteiger partial charge in [0.05, 0.1) is 6.61 Å². The first kappa shape index (κ1) is 14.1. The van der Waals surface area contributed by atoms with Crippen LogP contribution in [0.2, 0.25) is 0 Å². The maximum Gasteiger partial charge on any atom is 0.0602 e. The Morgan fingerprint density at radius 3 is 2.32 bits per heavy atom. The van der Waals surface area contributed by atoms with Crippen LogP contribution in [0.15, 0.2) is 24.3 Å². The van der Waals surface area contributed by atoms with Crippen molar-refractivity contribution in [2.24, 2.45) is 11.5 Å². The molecule has 0 aromatic heterocycles. The van der Waals surface area contributed by atoms with Crippen molar-refractivity contribution in [3.8, 4) is 0 Å². The lowest BCUT2D eigenvalue weighted by Gasteiger charge is -2.36. The highest BCUT2D eigenvalue weighted by molar-refractivity contribution is 5.55. The minimum Gasteiger partial charge on any atom is -0.399 e. The van der Waals surface area contributed by atoms with Gasteiger partial charge in [-0.15, -0.1) is 0 Å². The first-order valence-corrected chi connectivity index (χ1v) is 6.80. The van der Waals surface area contributed by atoms with Crippen LogP contribution in [0.5, 0.6) is 0 Å². The molecule has 1 fully saturated rings. The summed E-state index contributed by atoms with van der Waals surface area (Å²) in [5.41, 5.74) is 19.7. The van der Waals surface area contributed by atoms with E-state index in [4.69, 9.17) is 17.2 Å². The van der Waals surface area contributed by atoms with Crippen LogP contribution in [0.3, 0.4) is 0 Å². The molecule has 4 atom stereocenters. The highest BCUT2D eigenvalue weighted by Crippen LogP contribution is 2.33. The van der Waals surface area contributed by atoms with E-state index in [0.717, 1.165) is 24.2 Å². The molecule has 1 aliphatic rings. The van der Waals surface area contributed by atoms with Gasteiger partial charge in [0.15, 0.2) is 0 Å². The number of nitrogens with zero attached hydrogens (tertiary/aromatic N) is 1. The fourth-order valence-corrected chi connectivity index (χ4v) is 2.95. The summed E-state index contributed by atoms with van der Waals surface area (Å²) >= 11 is 0. The molecule has 5 heteroatoms. The van der Waals surface area contributed by atoms with E-state index in [2.05, 4.69) is 4.90 Å². The SMILES string of the molecule is CC(N)C1CCC(C(N)CO)N1c1ccc(N)cc1. The van der Waals surface area contributed by atoms with Crippen LogP contribution in [-0.2, 0) is 0 Å². The number of nitrogens with two attached hydrogens (primary N) is 3. The largest absolute Gasteiger partial charge is 0.399 e. The van der Waals surface area contributed by atoms with Crippen molar-refractivity contribution >= 4 is 11.4 Å². The van der Waals surface area contributed by atoms with E-state index < -0.39 is 0 Å². The van der Waals surface area contributed by atoms with Crippen LogP contribution in [0, 0.1) is 0 Å². The second-order valence-corrected chi connectivity index (χ2v) is 5.42. The monoisotopic (exact) mass is 264 g/mol. The third kappa shape index (κ3) is 2.83. The van der Waals surface area contributed by atoms with Crippen LogP contribution in [0.25, 0.3) is 0 Å². The minimum absolute atomic E-state index is 0.0121. The summed E-state index contributed by atoms with van der Waals surface area (Å²) in [5.74, 6) is 0. The quantitative estimate of drug-likeness (QED) is 0.585. The third-order valence-electron chi connectivity index (χ3n) is 3.98. The maximum atomic E-state index is 9.33. The topological polar surface area (TPSA) is 102 Å². The van der Waals surface area contributed by atoms with Gasteiger partial charge in [0.25, 0.3) is 0 Å². The van der Waals surface area contributed by atoms with E-state index in [1.165, 1.54) is 0 Å². The summed E-state index contributed by atoms with van der Waals surface area (Å²) in [6.07, 6.45) is 1.96. The predicted octanol–water partition coefficient (Wildman–Crippen LogP) is 0.273. The molecule has 0 aliphatic carbocycles. The zero-order chi connectivity index (χ0) is 14.0. The van der Waals surface area contributed by atoms with E-state index in [1.807, 2.05) is 31.2 Å². The molecule has 1 heterocycles. The Morgan fingerprint density at radius 1 is 1.21 bits per heavy atom. The van der Waals surface area contributed by atoms with Gasteiger partial charge in [-0.2, -0.15) is 0 Å². The van der Waals surface area contributed by atoms with Crippen molar-refractivity contribution in [3.63, 3.8) is 0 Å². The number of nitrogen functional groups attached to an aromatic ring is 1. The molecule has 5 nitrogen and oxygen atoms in total. The van der Waals surface area contributed by atoms with Gasteiger partial charge in [0.2, 0.25) is 0 Å². The first-order valence-electron chi connectivity index (χ1n) is 6.80. The Balaban J connectivity index is 2.30. The Morgan fingerprint density at radius 2 is 1.79 bits per heavy atom. The predicted molar refractivity (Wildman–Crippen MR) is 78.9 cm³/mol. The fraction of sp³-hybridized carbons (Fsp3) is 0.571. The molecule has 106 valence electrons. The molecule has 1 aliphatic heterocycles. The lowest BCUT2D eigenvalue weighted by molar-refractivity contribution is 0.248. The van der Waals surface area contributed by atoms with Gasteiger partial charge in [-0.25, -0.2) is 0 Å². The second-order valence-electron chi connectivity index (χ2n) is 5.42. The van der Waals surface area contributed by atoms with Gasteiger partial charge in [-0.1, -0.05) is 0 Å². The number of benzene rings is 1. The van der Waals surface area contributed by atoms with Crippen molar-refractivity contribution in [1.82, 2.24) is 0 Å². The Kier molecular flexibility index (Phi) is 4.29. The molecule has 7 N–H and O–H groups in total. The first-order chi connectivity index (χ1) is 9.04. The standard InChI is InChI=1S/C14H24N4O/c1-9(15)13-6-7-14(12(17)8-19)18(13)11-4-2-10(16)3-5-11/h2-5,9,12-14,19H,6-8,15-17H2,1H3. The number of rotatable bonds is 4. The van der Waals surface area contributed by atoms with Gasteiger partial charge in [0.1, 0.15) is 0 Å². The highest BCUT2D eigenvalue weighted by Gasteiger charge is 2.38. The zero-order valence-electron chi connectivity index (χ0n) is 11.4. The van der Waals surface area contributed by atoms with Crippen LogP contribution in [0.1, 0.15) is 19.8 Å². The van der Waals surface area contributed by atoms with Crippen LogP contribution in [-0.4, -0.2) is 35.9 Å². The molecule has 0 amide bonds. The van der Waals surface area contributed by atoms with Crippen LogP contribution in [0.4, 0.5) is 11.4 Å². The molecule has 19 heavy (non-hydrogen) atoms. The van der Waals surface area contributed by atoms with Crippen molar-refractivity contribution in [2.45, 2.75) is 43.9 Å². The minimum atomic E-state index is -0.249. The van der Waals surface area contributed by atoms with Gasteiger partial charge in [-0.05, 0) is 44.0 Å².